The van der Waals surface area contributed by atoms with Gasteiger partial charge >= 0.3 is 5.69 Å². The number of hydrogen-bond donors (Lipinski definition) is 2. The van der Waals surface area contributed by atoms with Crippen LogP contribution in [-0.2, 0) is 18.4 Å². The van der Waals surface area contributed by atoms with Gasteiger partial charge in [-0.15, -0.1) is 0 Å². The topological polar surface area (TPSA) is 93.3 Å². The largest absolute Gasteiger partial charge is 0.508 e. The minimum absolute atomic E-state index is 0.0779. The number of rotatable bonds is 4. The highest BCUT2D eigenvalue weighted by Gasteiger charge is 2.19. The van der Waals surface area contributed by atoms with Crippen LogP contribution < -0.4 is 16.6 Å². The summed E-state index contributed by atoms with van der Waals surface area (Å²) < 4.78 is 1.97. The second-order valence-corrected chi connectivity index (χ2v) is 6.41. The van der Waals surface area contributed by atoms with E-state index in [1.807, 2.05) is 6.92 Å². The summed E-state index contributed by atoms with van der Waals surface area (Å²) in [5, 5.41) is 11.8. The number of nitrogens with one attached hydrogen (secondary N) is 1. The Hall–Kier alpha value is -2.98. The van der Waals surface area contributed by atoms with Gasteiger partial charge in [0.2, 0.25) is 5.91 Å². The lowest BCUT2D eigenvalue weighted by molar-refractivity contribution is -0.119. The number of carbonyl (C=O) groups is 1. The summed E-state index contributed by atoms with van der Waals surface area (Å²) in [5.74, 6) is 5.00. The summed E-state index contributed by atoms with van der Waals surface area (Å²) in [4.78, 5) is 36.8. The Morgan fingerprint density at radius 2 is 2.07 bits per heavy atom. The standard InChI is InChI=1S/C19H20ClN3O4/c1-4-12(2)17(25)21-15-16(20)23(19(27)22(3)18(15)26)10-6-8-13-7-5-9-14(24)11-13/h5,7,9,11-12,24H,4,10H2,1-3H3,(H,21,25). The van der Waals surface area contributed by atoms with E-state index in [1.54, 1.807) is 19.1 Å². The molecule has 0 spiro atoms. The summed E-state index contributed by atoms with van der Waals surface area (Å²) in [6, 6.07) is 6.35. The molecule has 0 saturated heterocycles. The Morgan fingerprint density at radius 1 is 1.37 bits per heavy atom. The van der Waals surface area contributed by atoms with Crippen molar-refractivity contribution in [3.8, 4) is 17.6 Å². The first-order valence-corrected chi connectivity index (χ1v) is 8.72. The van der Waals surface area contributed by atoms with Gasteiger partial charge in [0.1, 0.15) is 16.6 Å². The molecular formula is C19H20ClN3O4. The first kappa shape index (κ1) is 20.3. The molecule has 1 amide bonds. The predicted molar refractivity (Wildman–Crippen MR) is 104 cm³/mol. The Bertz CT molecular complexity index is 1040. The van der Waals surface area contributed by atoms with Crippen molar-refractivity contribution < 1.29 is 9.90 Å². The van der Waals surface area contributed by atoms with Gasteiger partial charge in [-0.1, -0.05) is 43.4 Å². The van der Waals surface area contributed by atoms with E-state index in [0.29, 0.717) is 12.0 Å². The number of benzene rings is 1. The maximum Gasteiger partial charge on any atom is 0.332 e. The summed E-state index contributed by atoms with van der Waals surface area (Å²) in [7, 11) is 1.30. The van der Waals surface area contributed by atoms with Gasteiger partial charge in [0.15, 0.2) is 0 Å². The maximum atomic E-state index is 12.4. The number of halogens is 1. The quantitative estimate of drug-likeness (QED) is 0.617. The van der Waals surface area contributed by atoms with Crippen LogP contribution in [0.2, 0.25) is 5.15 Å². The lowest BCUT2D eigenvalue weighted by Gasteiger charge is -2.14. The van der Waals surface area contributed by atoms with Crippen molar-refractivity contribution in [1.29, 1.82) is 0 Å². The fourth-order valence-corrected chi connectivity index (χ4v) is 2.48. The lowest BCUT2D eigenvalue weighted by atomic mass is 10.1. The first-order valence-electron chi connectivity index (χ1n) is 8.34. The van der Waals surface area contributed by atoms with E-state index in [9.17, 15) is 19.5 Å². The van der Waals surface area contributed by atoms with E-state index in [2.05, 4.69) is 17.2 Å². The zero-order chi connectivity index (χ0) is 20.1. The van der Waals surface area contributed by atoms with Crippen LogP contribution in [0.15, 0.2) is 33.9 Å². The van der Waals surface area contributed by atoms with E-state index in [1.165, 1.54) is 19.2 Å². The zero-order valence-corrected chi connectivity index (χ0v) is 16.0. The Kier molecular flexibility index (Phi) is 6.48. The molecule has 1 unspecified atom stereocenters. The number of amides is 1. The van der Waals surface area contributed by atoms with Crippen LogP contribution in [0.5, 0.6) is 5.75 Å². The molecule has 27 heavy (non-hydrogen) atoms. The van der Waals surface area contributed by atoms with Crippen LogP contribution in [0.1, 0.15) is 25.8 Å². The van der Waals surface area contributed by atoms with Gasteiger partial charge in [-0.25, -0.2) is 4.79 Å². The van der Waals surface area contributed by atoms with Gasteiger partial charge in [-0.2, -0.15) is 0 Å². The predicted octanol–water partition coefficient (Wildman–Crippen LogP) is 1.94. The van der Waals surface area contributed by atoms with Crippen molar-refractivity contribution in [2.75, 3.05) is 5.32 Å². The summed E-state index contributed by atoms with van der Waals surface area (Å²) in [6.07, 6.45) is 0.596. The van der Waals surface area contributed by atoms with E-state index in [0.717, 1.165) is 9.13 Å². The number of hydrogen-bond acceptors (Lipinski definition) is 4. The van der Waals surface area contributed by atoms with Crippen LogP contribution in [0.4, 0.5) is 5.69 Å². The smallest absolute Gasteiger partial charge is 0.332 e. The number of phenols is 1. The molecule has 7 nitrogen and oxygen atoms in total. The molecule has 0 aliphatic carbocycles. The Balaban J connectivity index is 2.41. The number of phenolic OH excluding ortho intramolecular Hbond substituents is 1. The van der Waals surface area contributed by atoms with Gasteiger partial charge in [-0.05, 0) is 24.6 Å². The molecule has 1 aromatic carbocycles. The molecule has 0 bridgehead atoms. The highest BCUT2D eigenvalue weighted by molar-refractivity contribution is 6.32. The third kappa shape index (κ3) is 4.60. The third-order valence-electron chi connectivity index (χ3n) is 4.10. The zero-order valence-electron chi connectivity index (χ0n) is 15.2. The monoisotopic (exact) mass is 389 g/mol. The van der Waals surface area contributed by atoms with Crippen LogP contribution in [-0.4, -0.2) is 20.1 Å². The van der Waals surface area contributed by atoms with Crippen molar-refractivity contribution in [3.05, 3.63) is 55.8 Å². The van der Waals surface area contributed by atoms with Crippen molar-refractivity contribution in [3.63, 3.8) is 0 Å². The molecule has 2 rings (SSSR count). The molecule has 1 aromatic heterocycles. The van der Waals surface area contributed by atoms with Gasteiger partial charge in [0.05, 0.1) is 6.54 Å². The molecule has 0 aliphatic rings. The number of carbonyl (C=O) groups excluding carboxylic acids is 1. The average Bonchev–Trinajstić information content (AvgIpc) is 2.65. The van der Waals surface area contributed by atoms with Gasteiger partial charge in [0.25, 0.3) is 5.56 Å². The summed E-state index contributed by atoms with van der Waals surface area (Å²) >= 11 is 6.22. The van der Waals surface area contributed by atoms with Crippen molar-refractivity contribution in [2.24, 2.45) is 13.0 Å². The number of nitrogens with zero attached hydrogens (tertiary/aromatic N) is 2. The van der Waals surface area contributed by atoms with Gasteiger partial charge in [0, 0.05) is 18.5 Å². The summed E-state index contributed by atoms with van der Waals surface area (Å²) in [6.45, 7) is 3.49. The molecule has 142 valence electrons. The molecule has 2 N–H and O–H groups in total. The van der Waals surface area contributed by atoms with E-state index >= 15 is 0 Å². The molecule has 0 fully saturated rings. The van der Waals surface area contributed by atoms with Crippen LogP contribution >= 0.6 is 11.6 Å². The molecule has 2 aromatic rings. The number of anilines is 1. The molecule has 0 radical (unpaired) electrons. The van der Waals surface area contributed by atoms with Crippen LogP contribution in [0, 0.1) is 17.8 Å². The average molecular weight is 390 g/mol. The van der Waals surface area contributed by atoms with Crippen LogP contribution in [0.25, 0.3) is 0 Å². The Labute approximate surface area is 161 Å². The van der Waals surface area contributed by atoms with E-state index in [4.69, 9.17) is 11.6 Å². The van der Waals surface area contributed by atoms with E-state index in [-0.39, 0.29) is 35.0 Å². The van der Waals surface area contributed by atoms with Gasteiger partial charge < -0.3 is 10.4 Å². The molecule has 0 aliphatic heterocycles. The van der Waals surface area contributed by atoms with Crippen molar-refractivity contribution in [1.82, 2.24) is 9.13 Å². The first-order chi connectivity index (χ1) is 12.8. The third-order valence-corrected chi connectivity index (χ3v) is 4.50. The second-order valence-electron chi connectivity index (χ2n) is 6.05. The van der Waals surface area contributed by atoms with Crippen LogP contribution in [0.3, 0.4) is 0 Å². The normalized spacial score (nSPS) is 11.4. The molecular weight excluding hydrogens is 370 g/mol. The van der Waals surface area contributed by atoms with Gasteiger partial charge in [-0.3, -0.25) is 18.7 Å². The lowest BCUT2D eigenvalue weighted by Crippen LogP contribution is -2.40. The fourth-order valence-electron chi connectivity index (χ4n) is 2.22. The molecule has 0 saturated carbocycles. The summed E-state index contributed by atoms with van der Waals surface area (Å²) in [5.41, 5.74) is -0.909. The Morgan fingerprint density at radius 3 is 2.70 bits per heavy atom. The minimum Gasteiger partial charge on any atom is -0.508 e. The highest BCUT2D eigenvalue weighted by Crippen LogP contribution is 2.17. The van der Waals surface area contributed by atoms with Crippen molar-refractivity contribution >= 4 is 23.2 Å². The maximum absolute atomic E-state index is 12.4. The molecule has 8 heteroatoms. The highest BCUT2D eigenvalue weighted by atomic mass is 35.5. The van der Waals surface area contributed by atoms with Crippen molar-refractivity contribution in [2.45, 2.75) is 26.8 Å². The SMILES string of the molecule is CCC(C)C(=O)Nc1c(Cl)n(CC#Cc2cccc(O)c2)c(=O)n(C)c1=O. The molecule has 1 atom stereocenters. The number of aromatic nitrogens is 2. The fraction of sp³-hybridized carbons (Fsp3) is 0.316. The number of aromatic hydroxyl groups is 1. The minimum atomic E-state index is -0.682. The molecule has 1 heterocycles. The van der Waals surface area contributed by atoms with E-state index < -0.39 is 11.2 Å². The second kappa shape index (κ2) is 8.60.